The smallest absolute Gasteiger partial charge is 0.126 e. The molecule has 0 aromatic heterocycles. The fourth-order valence-electron chi connectivity index (χ4n) is 1.75. The molecule has 0 heterocycles. The van der Waals surface area contributed by atoms with Crippen molar-refractivity contribution < 1.29 is 4.39 Å². The van der Waals surface area contributed by atoms with Crippen LogP contribution in [0.3, 0.4) is 0 Å². The maximum absolute atomic E-state index is 13.7. The van der Waals surface area contributed by atoms with Gasteiger partial charge >= 0.3 is 0 Å². The molecule has 1 unspecified atom stereocenters. The summed E-state index contributed by atoms with van der Waals surface area (Å²) < 4.78 is 13.7. The first kappa shape index (κ1) is 15.3. The Kier molecular flexibility index (Phi) is 6.44. The molecule has 0 saturated carbocycles. The van der Waals surface area contributed by atoms with Gasteiger partial charge in [-0.25, -0.2) is 4.39 Å². The van der Waals surface area contributed by atoms with Gasteiger partial charge < -0.3 is 5.32 Å². The van der Waals surface area contributed by atoms with Crippen LogP contribution in [0.25, 0.3) is 0 Å². The van der Waals surface area contributed by atoms with Gasteiger partial charge in [0, 0.05) is 16.7 Å². The van der Waals surface area contributed by atoms with E-state index in [1.54, 1.807) is 24.8 Å². The van der Waals surface area contributed by atoms with Crippen molar-refractivity contribution >= 4 is 11.8 Å². The first-order valence-corrected chi connectivity index (χ1v) is 7.35. The largest absolute Gasteiger partial charge is 0.310 e. The van der Waals surface area contributed by atoms with Crippen LogP contribution in [-0.2, 0) is 0 Å². The zero-order chi connectivity index (χ0) is 13.5. The van der Waals surface area contributed by atoms with Crippen LogP contribution < -0.4 is 5.32 Å². The Morgan fingerprint density at radius 1 is 1.50 bits per heavy atom. The molecule has 0 aliphatic heterocycles. The van der Waals surface area contributed by atoms with Crippen molar-refractivity contribution in [1.29, 1.82) is 0 Å². The summed E-state index contributed by atoms with van der Waals surface area (Å²) in [6.07, 6.45) is 2.95. The Morgan fingerprint density at radius 2 is 2.22 bits per heavy atom. The highest BCUT2D eigenvalue weighted by molar-refractivity contribution is 7.99. The summed E-state index contributed by atoms with van der Waals surface area (Å²) in [5.41, 5.74) is 1.74. The highest BCUT2D eigenvalue weighted by Crippen LogP contribution is 2.30. The Balaban J connectivity index is 2.98. The van der Waals surface area contributed by atoms with Crippen LogP contribution in [0, 0.1) is 12.7 Å². The van der Waals surface area contributed by atoms with E-state index in [0.29, 0.717) is 5.56 Å². The third-order valence-electron chi connectivity index (χ3n) is 2.81. The average molecular weight is 267 g/mol. The first-order valence-electron chi connectivity index (χ1n) is 6.37. The molecule has 0 spiro atoms. The topological polar surface area (TPSA) is 12.0 Å². The number of aryl methyl sites for hydroxylation is 1. The standard InChI is InChI=1S/C15H22FNS/c1-5-7-17-12(4)13-10-14(16)11(3)9-15(13)18-8-6-2/h6,9-10,12,17H,2,5,7-8H2,1,3-4H3. The summed E-state index contributed by atoms with van der Waals surface area (Å²) in [6.45, 7) is 10.7. The molecule has 0 amide bonds. The number of hydrogen-bond donors (Lipinski definition) is 1. The second-order valence-electron chi connectivity index (χ2n) is 4.41. The molecular formula is C15H22FNS. The van der Waals surface area contributed by atoms with Gasteiger partial charge in [-0.1, -0.05) is 13.0 Å². The first-order chi connectivity index (χ1) is 8.60. The number of halogens is 1. The van der Waals surface area contributed by atoms with E-state index in [1.165, 1.54) is 0 Å². The van der Waals surface area contributed by atoms with Crippen molar-refractivity contribution in [3.05, 3.63) is 41.7 Å². The second-order valence-corrected chi connectivity index (χ2v) is 5.48. The zero-order valence-corrected chi connectivity index (χ0v) is 12.2. The normalized spacial score (nSPS) is 12.4. The van der Waals surface area contributed by atoms with Gasteiger partial charge in [0.1, 0.15) is 5.82 Å². The highest BCUT2D eigenvalue weighted by atomic mass is 32.2. The number of nitrogens with one attached hydrogen (secondary N) is 1. The summed E-state index contributed by atoms with van der Waals surface area (Å²) >= 11 is 1.71. The Bertz CT molecular complexity index is 404. The number of benzene rings is 1. The fourth-order valence-corrected chi connectivity index (χ4v) is 2.71. The van der Waals surface area contributed by atoms with Gasteiger partial charge in [0.05, 0.1) is 0 Å². The van der Waals surface area contributed by atoms with Gasteiger partial charge in [-0.15, -0.1) is 18.3 Å². The van der Waals surface area contributed by atoms with Gasteiger partial charge in [0.15, 0.2) is 0 Å². The lowest BCUT2D eigenvalue weighted by Gasteiger charge is -2.18. The SMILES string of the molecule is C=CCSc1cc(C)c(F)cc1C(C)NCCC. The van der Waals surface area contributed by atoms with E-state index in [0.717, 1.165) is 29.2 Å². The van der Waals surface area contributed by atoms with Gasteiger partial charge in [-0.2, -0.15) is 0 Å². The predicted octanol–water partition coefficient (Wildman–Crippen LogP) is 4.47. The van der Waals surface area contributed by atoms with E-state index in [2.05, 4.69) is 25.7 Å². The molecule has 1 nitrogen and oxygen atoms in total. The van der Waals surface area contributed by atoms with Crippen LogP contribution >= 0.6 is 11.8 Å². The van der Waals surface area contributed by atoms with Crippen molar-refractivity contribution in [2.45, 2.75) is 38.1 Å². The van der Waals surface area contributed by atoms with Crippen molar-refractivity contribution in [3.63, 3.8) is 0 Å². The van der Waals surface area contributed by atoms with Crippen molar-refractivity contribution in [1.82, 2.24) is 5.32 Å². The van der Waals surface area contributed by atoms with Gasteiger partial charge in [0.25, 0.3) is 0 Å². The third kappa shape index (κ3) is 4.14. The summed E-state index contributed by atoms with van der Waals surface area (Å²) in [5.74, 6) is 0.719. The molecule has 18 heavy (non-hydrogen) atoms. The third-order valence-corrected chi connectivity index (χ3v) is 3.88. The summed E-state index contributed by atoms with van der Waals surface area (Å²) in [4.78, 5) is 1.14. The Labute approximate surface area is 114 Å². The van der Waals surface area contributed by atoms with Crippen LogP contribution in [-0.4, -0.2) is 12.3 Å². The lowest BCUT2D eigenvalue weighted by atomic mass is 10.1. The molecule has 1 aromatic carbocycles. The molecule has 1 N–H and O–H groups in total. The quantitative estimate of drug-likeness (QED) is 0.577. The van der Waals surface area contributed by atoms with Crippen LogP contribution in [0.2, 0.25) is 0 Å². The maximum atomic E-state index is 13.7. The molecule has 0 saturated heterocycles. The van der Waals surface area contributed by atoms with Gasteiger partial charge in [-0.3, -0.25) is 0 Å². The molecule has 1 atom stereocenters. The maximum Gasteiger partial charge on any atom is 0.126 e. The van der Waals surface area contributed by atoms with E-state index >= 15 is 0 Å². The van der Waals surface area contributed by atoms with Crippen LogP contribution in [0.5, 0.6) is 0 Å². The molecule has 100 valence electrons. The molecule has 0 aliphatic rings. The van der Waals surface area contributed by atoms with E-state index in [-0.39, 0.29) is 11.9 Å². The average Bonchev–Trinajstić information content (AvgIpc) is 2.36. The van der Waals surface area contributed by atoms with Crippen LogP contribution in [0.1, 0.15) is 37.4 Å². The molecule has 0 fully saturated rings. The van der Waals surface area contributed by atoms with Gasteiger partial charge in [0.2, 0.25) is 0 Å². The monoisotopic (exact) mass is 267 g/mol. The number of thioether (sulfide) groups is 1. The summed E-state index contributed by atoms with van der Waals surface area (Å²) in [5, 5.41) is 3.41. The lowest BCUT2D eigenvalue weighted by molar-refractivity contribution is 0.552. The second kappa shape index (κ2) is 7.59. The molecule has 1 aromatic rings. The van der Waals surface area contributed by atoms with Crippen molar-refractivity contribution in [3.8, 4) is 0 Å². The Hall–Kier alpha value is -0.800. The molecule has 0 radical (unpaired) electrons. The molecule has 3 heteroatoms. The minimum absolute atomic E-state index is 0.127. The van der Waals surface area contributed by atoms with Crippen molar-refractivity contribution in [2.75, 3.05) is 12.3 Å². The zero-order valence-electron chi connectivity index (χ0n) is 11.4. The van der Waals surface area contributed by atoms with Crippen LogP contribution in [0.4, 0.5) is 4.39 Å². The Morgan fingerprint density at radius 3 is 2.83 bits per heavy atom. The number of hydrogen-bond acceptors (Lipinski definition) is 2. The fraction of sp³-hybridized carbons (Fsp3) is 0.467. The van der Waals surface area contributed by atoms with Crippen LogP contribution in [0.15, 0.2) is 29.7 Å². The number of rotatable bonds is 7. The highest BCUT2D eigenvalue weighted by Gasteiger charge is 2.13. The minimum Gasteiger partial charge on any atom is -0.310 e. The lowest BCUT2D eigenvalue weighted by Crippen LogP contribution is -2.20. The summed E-state index contributed by atoms with van der Waals surface area (Å²) in [6, 6.07) is 3.77. The van der Waals surface area contributed by atoms with E-state index in [9.17, 15) is 4.39 Å². The van der Waals surface area contributed by atoms with E-state index in [1.807, 2.05) is 12.1 Å². The summed E-state index contributed by atoms with van der Waals surface area (Å²) in [7, 11) is 0. The van der Waals surface area contributed by atoms with E-state index in [4.69, 9.17) is 0 Å². The van der Waals surface area contributed by atoms with Gasteiger partial charge in [-0.05, 0) is 50.1 Å². The molecular weight excluding hydrogens is 245 g/mol. The van der Waals surface area contributed by atoms with E-state index < -0.39 is 0 Å². The molecule has 1 rings (SSSR count). The minimum atomic E-state index is -0.127. The van der Waals surface area contributed by atoms with Crippen molar-refractivity contribution in [2.24, 2.45) is 0 Å². The predicted molar refractivity (Wildman–Crippen MR) is 78.8 cm³/mol. The molecule has 0 bridgehead atoms. The molecule has 0 aliphatic carbocycles.